The Morgan fingerprint density at radius 1 is 1.32 bits per heavy atom. The maximum atomic E-state index is 5.89. The summed E-state index contributed by atoms with van der Waals surface area (Å²) in [7, 11) is 0. The van der Waals surface area contributed by atoms with Gasteiger partial charge in [0.25, 0.3) is 0 Å². The Hall–Kier alpha value is -0.810. The number of aliphatic imine (C=N–C) groups is 1. The molecule has 1 saturated heterocycles. The third kappa shape index (κ3) is 3.83. The number of rotatable bonds is 5. The molecule has 5 nitrogen and oxygen atoms in total. The Morgan fingerprint density at radius 3 is 2.84 bits per heavy atom. The van der Waals surface area contributed by atoms with E-state index < -0.39 is 0 Å². The Kier molecular flexibility index (Phi) is 4.23. The lowest BCUT2D eigenvalue weighted by atomic mass is 9.86. The van der Waals surface area contributed by atoms with E-state index in [-0.39, 0.29) is 6.10 Å². The maximum absolute atomic E-state index is 5.89. The van der Waals surface area contributed by atoms with Gasteiger partial charge in [0.2, 0.25) is 0 Å². The van der Waals surface area contributed by atoms with E-state index in [1.165, 1.54) is 32.1 Å². The van der Waals surface area contributed by atoms with Crippen molar-refractivity contribution in [2.24, 2.45) is 16.6 Å². The largest absolute Gasteiger partial charge is 0.374 e. The Labute approximate surface area is 115 Å². The monoisotopic (exact) mass is 266 g/mol. The minimum absolute atomic E-state index is 0.256. The molecule has 1 unspecified atom stereocenters. The molecule has 1 atom stereocenters. The second-order valence-corrected chi connectivity index (χ2v) is 6.12. The standard InChI is InChI=1S/C14H26N4O/c15-14(16-8-11-2-1-3-11)17-9-13-10-18(6-7-19-13)12-4-5-12/h11-13H,1-10H2,(H3,15,16,17). The third-order valence-electron chi connectivity index (χ3n) is 4.49. The van der Waals surface area contributed by atoms with E-state index in [9.17, 15) is 0 Å². The van der Waals surface area contributed by atoms with Crippen LogP contribution in [-0.2, 0) is 4.74 Å². The maximum Gasteiger partial charge on any atom is 0.188 e. The molecule has 1 heterocycles. The molecule has 0 aromatic heterocycles. The first-order chi connectivity index (χ1) is 9.31. The fourth-order valence-electron chi connectivity index (χ4n) is 2.81. The molecule has 0 aromatic carbocycles. The van der Waals surface area contributed by atoms with Gasteiger partial charge in [0.05, 0.1) is 12.7 Å². The van der Waals surface area contributed by atoms with Crippen LogP contribution in [0.25, 0.3) is 0 Å². The van der Waals surface area contributed by atoms with Gasteiger partial charge in [0, 0.05) is 32.2 Å². The zero-order valence-corrected chi connectivity index (χ0v) is 11.7. The zero-order chi connectivity index (χ0) is 13.1. The van der Waals surface area contributed by atoms with Gasteiger partial charge in [-0.25, -0.2) is 0 Å². The molecule has 19 heavy (non-hydrogen) atoms. The molecule has 2 aliphatic carbocycles. The van der Waals surface area contributed by atoms with Crippen LogP contribution >= 0.6 is 0 Å². The second-order valence-electron chi connectivity index (χ2n) is 6.12. The summed E-state index contributed by atoms with van der Waals surface area (Å²) < 4.78 is 5.78. The van der Waals surface area contributed by atoms with Crippen molar-refractivity contribution in [1.82, 2.24) is 10.2 Å². The average Bonchev–Trinajstić information content (AvgIpc) is 3.19. The molecular formula is C14H26N4O. The van der Waals surface area contributed by atoms with Gasteiger partial charge >= 0.3 is 0 Å². The van der Waals surface area contributed by atoms with Crippen molar-refractivity contribution in [3.05, 3.63) is 0 Å². The molecule has 0 spiro atoms. The number of nitrogens with zero attached hydrogens (tertiary/aromatic N) is 2. The van der Waals surface area contributed by atoms with Crippen LogP contribution in [0.2, 0.25) is 0 Å². The molecule has 1 aliphatic heterocycles. The summed E-state index contributed by atoms with van der Waals surface area (Å²) in [6, 6.07) is 0.830. The van der Waals surface area contributed by atoms with Crippen LogP contribution in [0.3, 0.4) is 0 Å². The zero-order valence-electron chi connectivity index (χ0n) is 11.7. The first-order valence-electron chi connectivity index (χ1n) is 7.70. The van der Waals surface area contributed by atoms with Crippen molar-refractivity contribution < 1.29 is 4.74 Å². The topological polar surface area (TPSA) is 62.9 Å². The highest BCUT2D eigenvalue weighted by atomic mass is 16.5. The summed E-state index contributed by atoms with van der Waals surface area (Å²) in [5.74, 6) is 1.36. The SMILES string of the molecule is NC(=NCC1CCC1)NCC1CN(C2CC2)CCO1. The summed E-state index contributed by atoms with van der Waals surface area (Å²) in [5, 5.41) is 3.21. The lowest BCUT2D eigenvalue weighted by Gasteiger charge is -2.33. The van der Waals surface area contributed by atoms with Gasteiger partial charge in [0.1, 0.15) is 0 Å². The molecule has 108 valence electrons. The van der Waals surface area contributed by atoms with Gasteiger partial charge in [-0.05, 0) is 31.6 Å². The van der Waals surface area contributed by atoms with E-state index >= 15 is 0 Å². The van der Waals surface area contributed by atoms with E-state index in [1.54, 1.807) is 0 Å². The van der Waals surface area contributed by atoms with Crippen molar-refractivity contribution in [2.75, 3.05) is 32.8 Å². The highest BCUT2D eigenvalue weighted by Crippen LogP contribution is 2.28. The molecule has 3 fully saturated rings. The Morgan fingerprint density at radius 2 is 2.16 bits per heavy atom. The summed E-state index contributed by atoms with van der Waals surface area (Å²) in [6.07, 6.45) is 6.99. The number of morpholine rings is 1. The molecular weight excluding hydrogens is 240 g/mol. The van der Waals surface area contributed by atoms with Crippen molar-refractivity contribution in [3.63, 3.8) is 0 Å². The normalized spacial score (nSPS) is 30.1. The van der Waals surface area contributed by atoms with Crippen LogP contribution in [0.5, 0.6) is 0 Å². The molecule has 3 rings (SSSR count). The van der Waals surface area contributed by atoms with Gasteiger partial charge in [0.15, 0.2) is 5.96 Å². The van der Waals surface area contributed by atoms with Gasteiger partial charge < -0.3 is 15.8 Å². The minimum Gasteiger partial charge on any atom is -0.374 e. The number of nitrogens with one attached hydrogen (secondary N) is 1. The van der Waals surface area contributed by atoms with Gasteiger partial charge in [-0.3, -0.25) is 9.89 Å². The average molecular weight is 266 g/mol. The van der Waals surface area contributed by atoms with Crippen LogP contribution in [0.1, 0.15) is 32.1 Å². The highest BCUT2D eigenvalue weighted by molar-refractivity contribution is 5.77. The van der Waals surface area contributed by atoms with Crippen LogP contribution in [0, 0.1) is 5.92 Å². The lowest BCUT2D eigenvalue weighted by molar-refractivity contribution is -0.0281. The smallest absolute Gasteiger partial charge is 0.188 e. The fourth-order valence-corrected chi connectivity index (χ4v) is 2.81. The van der Waals surface area contributed by atoms with E-state index in [4.69, 9.17) is 10.5 Å². The molecule has 2 saturated carbocycles. The molecule has 0 amide bonds. The minimum atomic E-state index is 0.256. The summed E-state index contributed by atoms with van der Waals surface area (Å²) in [4.78, 5) is 6.96. The molecule has 3 aliphatic rings. The third-order valence-corrected chi connectivity index (χ3v) is 4.49. The van der Waals surface area contributed by atoms with Crippen molar-refractivity contribution in [1.29, 1.82) is 0 Å². The first kappa shape index (κ1) is 13.2. The Balaban J connectivity index is 1.35. The van der Waals surface area contributed by atoms with Crippen LogP contribution in [0.15, 0.2) is 4.99 Å². The second kappa shape index (κ2) is 6.09. The molecule has 0 bridgehead atoms. The highest BCUT2D eigenvalue weighted by Gasteiger charge is 2.32. The quantitative estimate of drug-likeness (QED) is 0.563. The summed E-state index contributed by atoms with van der Waals surface area (Å²) in [5.41, 5.74) is 5.89. The fraction of sp³-hybridized carbons (Fsp3) is 0.929. The van der Waals surface area contributed by atoms with Crippen LogP contribution < -0.4 is 11.1 Å². The van der Waals surface area contributed by atoms with Gasteiger partial charge in [-0.2, -0.15) is 0 Å². The molecule has 0 radical (unpaired) electrons. The molecule has 0 aromatic rings. The molecule has 3 N–H and O–H groups in total. The predicted molar refractivity (Wildman–Crippen MR) is 76.2 cm³/mol. The van der Waals surface area contributed by atoms with E-state index in [0.29, 0.717) is 5.96 Å². The first-order valence-corrected chi connectivity index (χ1v) is 7.70. The number of guanidine groups is 1. The van der Waals surface area contributed by atoms with Crippen molar-refractivity contribution in [3.8, 4) is 0 Å². The molecule has 5 heteroatoms. The Bertz CT molecular complexity index is 325. The van der Waals surface area contributed by atoms with Gasteiger partial charge in [-0.1, -0.05) is 6.42 Å². The number of nitrogens with two attached hydrogens (primary N) is 1. The van der Waals surface area contributed by atoms with Crippen molar-refractivity contribution >= 4 is 5.96 Å². The number of ether oxygens (including phenoxy) is 1. The van der Waals surface area contributed by atoms with E-state index in [1.807, 2.05) is 0 Å². The van der Waals surface area contributed by atoms with E-state index in [0.717, 1.165) is 44.7 Å². The van der Waals surface area contributed by atoms with Crippen LogP contribution in [-0.4, -0.2) is 55.8 Å². The lowest BCUT2D eigenvalue weighted by Crippen LogP contribution is -2.49. The van der Waals surface area contributed by atoms with E-state index in [2.05, 4.69) is 15.2 Å². The summed E-state index contributed by atoms with van der Waals surface area (Å²) in [6.45, 7) is 4.64. The van der Waals surface area contributed by atoms with Crippen LogP contribution in [0.4, 0.5) is 0 Å². The number of hydrogen-bond donors (Lipinski definition) is 2. The summed E-state index contributed by atoms with van der Waals surface area (Å²) >= 11 is 0. The predicted octanol–water partition coefficient (Wildman–Crippen LogP) is 0.554. The van der Waals surface area contributed by atoms with Gasteiger partial charge in [-0.15, -0.1) is 0 Å². The van der Waals surface area contributed by atoms with Crippen molar-refractivity contribution in [2.45, 2.75) is 44.2 Å². The number of hydrogen-bond acceptors (Lipinski definition) is 3.